The van der Waals surface area contributed by atoms with E-state index in [9.17, 15) is 4.79 Å². The van der Waals surface area contributed by atoms with E-state index < -0.39 is 0 Å². The van der Waals surface area contributed by atoms with Crippen LogP contribution in [-0.4, -0.2) is 17.4 Å². The normalized spacial score (nSPS) is 17.7. The van der Waals surface area contributed by atoms with Crippen LogP contribution in [0.15, 0.2) is 71.6 Å². The van der Waals surface area contributed by atoms with Gasteiger partial charge in [-0.15, -0.1) is 0 Å². The summed E-state index contributed by atoms with van der Waals surface area (Å²) in [7, 11) is 0. The lowest BCUT2D eigenvalue weighted by Crippen LogP contribution is -2.26. The summed E-state index contributed by atoms with van der Waals surface area (Å²) in [5.41, 5.74) is 2.98. The summed E-state index contributed by atoms with van der Waals surface area (Å²) in [4.78, 5) is 18.5. The molecule has 2 aromatic carbocycles. The number of carbonyl (C=O) groups excluding carboxylic acids is 1. The Labute approximate surface area is 134 Å². The number of amides is 1. The number of aromatic nitrogens is 1. The average Bonchev–Trinajstić information content (AvgIpc) is 3.26. The highest BCUT2D eigenvalue weighted by Crippen LogP contribution is 2.33. The maximum absolute atomic E-state index is 12.7. The van der Waals surface area contributed by atoms with Crippen molar-refractivity contribution in [3.8, 4) is 11.3 Å². The van der Waals surface area contributed by atoms with Crippen LogP contribution in [0.2, 0.25) is 0 Å². The van der Waals surface area contributed by atoms with Crippen molar-refractivity contribution in [3.63, 3.8) is 0 Å². The average molecular weight is 304 g/mol. The van der Waals surface area contributed by atoms with Crippen molar-refractivity contribution in [1.82, 2.24) is 4.98 Å². The number of oxazole rings is 1. The number of rotatable bonds is 3. The number of carbonyl (C=O) groups is 1. The highest BCUT2D eigenvalue weighted by atomic mass is 16.3. The molecule has 0 unspecified atom stereocenters. The first kappa shape index (κ1) is 13.8. The molecule has 4 rings (SSSR count). The van der Waals surface area contributed by atoms with E-state index in [-0.39, 0.29) is 11.8 Å². The molecule has 0 saturated carbocycles. The summed E-state index contributed by atoms with van der Waals surface area (Å²) in [6, 6.07) is 17.8. The Kier molecular flexibility index (Phi) is 3.42. The first-order valence-electron chi connectivity index (χ1n) is 7.68. The molecule has 0 aliphatic carbocycles. The van der Waals surface area contributed by atoms with Crippen molar-refractivity contribution in [3.05, 3.63) is 72.8 Å². The highest BCUT2D eigenvalue weighted by molar-refractivity contribution is 6.00. The van der Waals surface area contributed by atoms with E-state index in [1.165, 1.54) is 6.39 Å². The fourth-order valence-corrected chi connectivity index (χ4v) is 3.09. The van der Waals surface area contributed by atoms with Crippen molar-refractivity contribution in [2.75, 3.05) is 11.4 Å². The maximum Gasteiger partial charge on any atom is 0.234 e. The minimum absolute atomic E-state index is 0.0369. The van der Waals surface area contributed by atoms with Gasteiger partial charge in [-0.05, 0) is 36.2 Å². The van der Waals surface area contributed by atoms with Crippen LogP contribution in [0.5, 0.6) is 0 Å². The van der Waals surface area contributed by atoms with Gasteiger partial charge in [-0.3, -0.25) is 4.79 Å². The van der Waals surface area contributed by atoms with E-state index in [2.05, 4.69) is 4.98 Å². The molecule has 1 fully saturated rings. The summed E-state index contributed by atoms with van der Waals surface area (Å²) < 4.78 is 5.29. The Morgan fingerprint density at radius 3 is 2.52 bits per heavy atom. The quantitative estimate of drug-likeness (QED) is 0.738. The molecule has 1 saturated heterocycles. The van der Waals surface area contributed by atoms with Gasteiger partial charge in [0, 0.05) is 17.8 Å². The van der Waals surface area contributed by atoms with Gasteiger partial charge in [-0.1, -0.05) is 30.3 Å². The second kappa shape index (κ2) is 5.72. The van der Waals surface area contributed by atoms with Gasteiger partial charge in [0.25, 0.3) is 0 Å². The molecular weight excluding hydrogens is 288 g/mol. The highest BCUT2D eigenvalue weighted by Gasteiger charge is 2.33. The van der Waals surface area contributed by atoms with E-state index in [0.29, 0.717) is 0 Å². The molecule has 1 aliphatic rings. The zero-order valence-corrected chi connectivity index (χ0v) is 12.6. The molecule has 4 nitrogen and oxygen atoms in total. The number of hydrogen-bond acceptors (Lipinski definition) is 3. The second-order valence-corrected chi connectivity index (χ2v) is 5.65. The Morgan fingerprint density at radius 1 is 1.04 bits per heavy atom. The molecule has 4 heteroatoms. The van der Waals surface area contributed by atoms with Crippen LogP contribution in [0.1, 0.15) is 17.9 Å². The van der Waals surface area contributed by atoms with Gasteiger partial charge in [0.1, 0.15) is 0 Å². The number of benzene rings is 2. The van der Waals surface area contributed by atoms with E-state index >= 15 is 0 Å². The molecule has 114 valence electrons. The SMILES string of the molecule is O=C1[C@H](c2ccccc2)CCN1c1ccc(-c2cnco2)cc1. The number of hydrogen-bond donors (Lipinski definition) is 0. The van der Waals surface area contributed by atoms with Crippen molar-refractivity contribution >= 4 is 11.6 Å². The standard InChI is InChI=1S/C19H16N2O2/c22-19-17(14-4-2-1-3-5-14)10-11-21(19)16-8-6-15(7-9-16)18-12-20-13-23-18/h1-9,12-13,17H,10-11H2/t17-/m0/s1. The largest absolute Gasteiger partial charge is 0.444 e. The maximum atomic E-state index is 12.7. The Morgan fingerprint density at radius 2 is 1.83 bits per heavy atom. The first-order valence-corrected chi connectivity index (χ1v) is 7.68. The zero-order valence-electron chi connectivity index (χ0n) is 12.6. The fourth-order valence-electron chi connectivity index (χ4n) is 3.09. The summed E-state index contributed by atoms with van der Waals surface area (Å²) in [5, 5.41) is 0. The molecular formula is C19H16N2O2. The number of anilines is 1. The van der Waals surface area contributed by atoms with Gasteiger partial charge >= 0.3 is 0 Å². The van der Waals surface area contributed by atoms with Crippen molar-refractivity contribution < 1.29 is 9.21 Å². The van der Waals surface area contributed by atoms with E-state index in [1.54, 1.807) is 6.20 Å². The van der Waals surface area contributed by atoms with Crippen LogP contribution in [0.25, 0.3) is 11.3 Å². The molecule has 0 radical (unpaired) electrons. The summed E-state index contributed by atoms with van der Waals surface area (Å²) >= 11 is 0. The summed E-state index contributed by atoms with van der Waals surface area (Å²) in [5.74, 6) is 0.861. The Bertz CT molecular complexity index is 795. The topological polar surface area (TPSA) is 46.3 Å². The van der Waals surface area contributed by atoms with Gasteiger partial charge in [0.05, 0.1) is 12.1 Å². The minimum Gasteiger partial charge on any atom is -0.444 e. The summed E-state index contributed by atoms with van der Waals surface area (Å²) in [6.07, 6.45) is 3.95. The van der Waals surface area contributed by atoms with E-state index in [4.69, 9.17) is 4.42 Å². The van der Waals surface area contributed by atoms with Crippen LogP contribution in [-0.2, 0) is 4.79 Å². The van der Waals surface area contributed by atoms with Crippen LogP contribution in [0.3, 0.4) is 0 Å². The van der Waals surface area contributed by atoms with Crippen LogP contribution >= 0.6 is 0 Å². The predicted molar refractivity (Wildman–Crippen MR) is 88.1 cm³/mol. The lowest BCUT2D eigenvalue weighted by molar-refractivity contribution is -0.118. The molecule has 1 atom stereocenters. The number of nitrogens with zero attached hydrogens (tertiary/aromatic N) is 2. The molecule has 0 N–H and O–H groups in total. The predicted octanol–water partition coefficient (Wildman–Crippen LogP) is 3.86. The third kappa shape index (κ3) is 2.52. The van der Waals surface area contributed by atoms with Crippen LogP contribution < -0.4 is 4.90 Å². The van der Waals surface area contributed by atoms with Gasteiger partial charge < -0.3 is 9.32 Å². The Hall–Kier alpha value is -2.88. The van der Waals surface area contributed by atoms with Crippen molar-refractivity contribution in [2.24, 2.45) is 0 Å². The van der Waals surface area contributed by atoms with Crippen LogP contribution in [0.4, 0.5) is 5.69 Å². The zero-order chi connectivity index (χ0) is 15.6. The third-order valence-corrected chi connectivity index (χ3v) is 4.30. The lowest BCUT2D eigenvalue weighted by Gasteiger charge is -2.17. The smallest absolute Gasteiger partial charge is 0.234 e. The van der Waals surface area contributed by atoms with Gasteiger partial charge in [0.2, 0.25) is 5.91 Å². The Balaban J connectivity index is 1.56. The lowest BCUT2D eigenvalue weighted by atomic mass is 9.98. The summed E-state index contributed by atoms with van der Waals surface area (Å²) in [6.45, 7) is 0.750. The molecule has 1 amide bonds. The second-order valence-electron chi connectivity index (χ2n) is 5.65. The van der Waals surface area contributed by atoms with Gasteiger partial charge in [-0.25, -0.2) is 4.98 Å². The van der Waals surface area contributed by atoms with E-state index in [1.807, 2.05) is 59.5 Å². The van der Waals surface area contributed by atoms with Crippen LogP contribution in [0, 0.1) is 0 Å². The molecule has 23 heavy (non-hydrogen) atoms. The monoisotopic (exact) mass is 304 g/mol. The van der Waals surface area contributed by atoms with E-state index in [0.717, 1.165) is 35.5 Å². The van der Waals surface area contributed by atoms with Crippen molar-refractivity contribution in [2.45, 2.75) is 12.3 Å². The fraction of sp³-hybridized carbons (Fsp3) is 0.158. The molecule has 2 heterocycles. The molecule has 3 aromatic rings. The molecule has 0 bridgehead atoms. The third-order valence-electron chi connectivity index (χ3n) is 4.30. The minimum atomic E-state index is -0.0369. The first-order chi connectivity index (χ1) is 11.3. The van der Waals surface area contributed by atoms with Crippen molar-refractivity contribution in [1.29, 1.82) is 0 Å². The van der Waals surface area contributed by atoms with Gasteiger partial charge in [-0.2, -0.15) is 0 Å². The molecule has 1 aromatic heterocycles. The van der Waals surface area contributed by atoms with Gasteiger partial charge in [0.15, 0.2) is 12.2 Å². The molecule has 1 aliphatic heterocycles. The molecule has 0 spiro atoms.